The molecule has 2 N–H and O–H groups in total. The summed E-state index contributed by atoms with van der Waals surface area (Å²) in [6.45, 7) is 0. The van der Waals surface area contributed by atoms with Gasteiger partial charge in [0.15, 0.2) is 11.5 Å². The number of carbonyl (C=O) groups excluding carboxylic acids is 1. The highest BCUT2D eigenvalue weighted by Gasteiger charge is 2.14. The summed E-state index contributed by atoms with van der Waals surface area (Å²) < 4.78 is 11.8. The highest BCUT2D eigenvalue weighted by molar-refractivity contribution is 5.96. The maximum Gasteiger partial charge on any atom is 0.340 e. The van der Waals surface area contributed by atoms with E-state index in [2.05, 4.69) is 9.84 Å². The lowest BCUT2D eigenvalue weighted by atomic mass is 10.1. The van der Waals surface area contributed by atoms with E-state index in [9.17, 15) is 4.79 Å². The summed E-state index contributed by atoms with van der Waals surface area (Å²) in [5, 5.41) is 3.98. The number of carbonyl (C=O) groups is 1. The third-order valence-electron chi connectivity index (χ3n) is 2.38. The summed E-state index contributed by atoms with van der Waals surface area (Å²) in [6.07, 6.45) is 3.26. The molecule has 0 radical (unpaired) electrons. The Bertz CT molecular complexity index is 578. The Morgan fingerprint density at radius 1 is 1.44 bits per heavy atom. The molecule has 0 aliphatic carbocycles. The number of benzene rings is 1. The van der Waals surface area contributed by atoms with Crippen LogP contribution >= 0.6 is 0 Å². The first-order valence-electron chi connectivity index (χ1n) is 5.25. The molecule has 0 unspecified atom stereocenters. The van der Waals surface area contributed by atoms with Gasteiger partial charge < -0.3 is 15.2 Å². The topological polar surface area (TPSA) is 79.4 Å². The highest BCUT2D eigenvalue weighted by atomic mass is 16.5. The van der Waals surface area contributed by atoms with Crippen molar-refractivity contribution in [2.24, 2.45) is 7.05 Å². The number of aromatic nitrogens is 2. The van der Waals surface area contributed by atoms with Crippen LogP contribution in [0.2, 0.25) is 0 Å². The maximum atomic E-state index is 11.5. The van der Waals surface area contributed by atoms with Crippen molar-refractivity contribution in [3.05, 3.63) is 36.2 Å². The minimum Gasteiger partial charge on any atom is -0.465 e. The Labute approximate surface area is 104 Å². The lowest BCUT2D eigenvalue weighted by Gasteiger charge is -2.09. The number of ether oxygens (including phenoxy) is 2. The van der Waals surface area contributed by atoms with Crippen LogP contribution in [0.5, 0.6) is 11.5 Å². The van der Waals surface area contributed by atoms with Crippen LogP contribution in [-0.2, 0) is 11.8 Å². The van der Waals surface area contributed by atoms with E-state index in [-0.39, 0.29) is 11.3 Å². The fourth-order valence-electron chi connectivity index (χ4n) is 1.50. The van der Waals surface area contributed by atoms with Crippen LogP contribution in [0.4, 0.5) is 5.69 Å². The van der Waals surface area contributed by atoms with Gasteiger partial charge in [0.2, 0.25) is 0 Å². The zero-order chi connectivity index (χ0) is 13.1. The van der Waals surface area contributed by atoms with E-state index in [1.54, 1.807) is 42.3 Å². The molecule has 1 aromatic heterocycles. The fourth-order valence-corrected chi connectivity index (χ4v) is 1.50. The third kappa shape index (κ3) is 2.27. The molecule has 0 bridgehead atoms. The van der Waals surface area contributed by atoms with E-state index in [1.807, 2.05) is 0 Å². The fraction of sp³-hybridized carbons (Fsp3) is 0.167. The Morgan fingerprint density at radius 3 is 2.83 bits per heavy atom. The quantitative estimate of drug-likeness (QED) is 0.658. The summed E-state index contributed by atoms with van der Waals surface area (Å²) >= 11 is 0. The van der Waals surface area contributed by atoms with Crippen molar-refractivity contribution in [2.45, 2.75) is 0 Å². The molecule has 0 aliphatic rings. The minimum atomic E-state index is -0.496. The zero-order valence-electron chi connectivity index (χ0n) is 10.1. The SMILES string of the molecule is COC(=O)c1cccc(Oc2cnn(C)c2)c1N. The number of esters is 1. The van der Waals surface area contributed by atoms with E-state index in [1.165, 1.54) is 7.11 Å². The Morgan fingerprint density at radius 2 is 2.22 bits per heavy atom. The Kier molecular flexibility index (Phi) is 3.18. The molecule has 2 rings (SSSR count). The normalized spacial score (nSPS) is 10.1. The van der Waals surface area contributed by atoms with Gasteiger partial charge in [0.25, 0.3) is 0 Å². The maximum absolute atomic E-state index is 11.5. The largest absolute Gasteiger partial charge is 0.465 e. The third-order valence-corrected chi connectivity index (χ3v) is 2.38. The zero-order valence-corrected chi connectivity index (χ0v) is 10.1. The van der Waals surface area contributed by atoms with Gasteiger partial charge in [0.1, 0.15) is 0 Å². The smallest absolute Gasteiger partial charge is 0.340 e. The van der Waals surface area contributed by atoms with Crippen LogP contribution in [0, 0.1) is 0 Å². The summed E-state index contributed by atoms with van der Waals surface area (Å²) in [6, 6.07) is 4.93. The van der Waals surface area contributed by atoms with E-state index >= 15 is 0 Å². The van der Waals surface area contributed by atoms with Crippen LogP contribution in [-0.4, -0.2) is 22.9 Å². The molecule has 6 heteroatoms. The molecule has 94 valence electrons. The number of hydrogen-bond acceptors (Lipinski definition) is 5. The molecule has 18 heavy (non-hydrogen) atoms. The average molecular weight is 247 g/mol. The first-order valence-corrected chi connectivity index (χ1v) is 5.25. The Hall–Kier alpha value is -2.50. The molecule has 1 aromatic carbocycles. The summed E-state index contributed by atoms with van der Waals surface area (Å²) in [5.74, 6) is 0.446. The summed E-state index contributed by atoms with van der Waals surface area (Å²) in [7, 11) is 3.08. The van der Waals surface area contributed by atoms with Gasteiger partial charge in [0, 0.05) is 7.05 Å². The van der Waals surface area contributed by atoms with Gasteiger partial charge in [0.05, 0.1) is 30.8 Å². The molecule has 0 saturated heterocycles. The van der Waals surface area contributed by atoms with Gasteiger partial charge >= 0.3 is 5.97 Å². The number of rotatable bonds is 3. The van der Waals surface area contributed by atoms with Crippen LogP contribution in [0.1, 0.15) is 10.4 Å². The van der Waals surface area contributed by atoms with E-state index in [0.717, 1.165) is 0 Å². The second-order valence-corrected chi connectivity index (χ2v) is 3.66. The van der Waals surface area contributed by atoms with Crippen LogP contribution in [0.3, 0.4) is 0 Å². The van der Waals surface area contributed by atoms with Gasteiger partial charge in [-0.1, -0.05) is 6.07 Å². The van der Waals surface area contributed by atoms with E-state index in [4.69, 9.17) is 10.5 Å². The molecule has 0 amide bonds. The summed E-state index contributed by atoms with van der Waals surface area (Å²) in [4.78, 5) is 11.5. The molecule has 0 spiro atoms. The molecule has 2 aromatic rings. The van der Waals surface area contributed by atoms with Crippen molar-refractivity contribution in [2.75, 3.05) is 12.8 Å². The molecule has 1 heterocycles. The number of anilines is 1. The van der Waals surface area contributed by atoms with Crippen molar-refractivity contribution < 1.29 is 14.3 Å². The van der Waals surface area contributed by atoms with Crippen molar-refractivity contribution in [1.82, 2.24) is 9.78 Å². The minimum absolute atomic E-state index is 0.244. The van der Waals surface area contributed by atoms with E-state index in [0.29, 0.717) is 11.5 Å². The molecule has 0 saturated carbocycles. The van der Waals surface area contributed by atoms with Gasteiger partial charge in [-0.3, -0.25) is 4.68 Å². The molecule has 0 atom stereocenters. The lowest BCUT2D eigenvalue weighted by Crippen LogP contribution is -2.06. The number of nitrogens with zero attached hydrogens (tertiary/aromatic N) is 2. The van der Waals surface area contributed by atoms with Crippen molar-refractivity contribution in [1.29, 1.82) is 0 Å². The average Bonchev–Trinajstić information content (AvgIpc) is 2.76. The van der Waals surface area contributed by atoms with Gasteiger partial charge in [-0.25, -0.2) is 4.79 Å². The molecular formula is C12H13N3O3. The van der Waals surface area contributed by atoms with Crippen molar-refractivity contribution >= 4 is 11.7 Å². The number of methoxy groups -OCH3 is 1. The predicted octanol–water partition coefficient (Wildman–Crippen LogP) is 1.58. The second-order valence-electron chi connectivity index (χ2n) is 3.66. The first kappa shape index (κ1) is 12.0. The van der Waals surface area contributed by atoms with Gasteiger partial charge in [-0.15, -0.1) is 0 Å². The number of nitrogens with two attached hydrogens (primary N) is 1. The lowest BCUT2D eigenvalue weighted by molar-refractivity contribution is 0.0601. The molecule has 6 nitrogen and oxygen atoms in total. The molecular weight excluding hydrogens is 234 g/mol. The predicted molar refractivity (Wildman–Crippen MR) is 65.5 cm³/mol. The second kappa shape index (κ2) is 4.79. The first-order chi connectivity index (χ1) is 8.61. The number of nitrogen functional groups attached to an aromatic ring is 1. The van der Waals surface area contributed by atoms with Crippen molar-refractivity contribution in [3.8, 4) is 11.5 Å². The van der Waals surface area contributed by atoms with Gasteiger partial charge in [-0.05, 0) is 12.1 Å². The highest BCUT2D eigenvalue weighted by Crippen LogP contribution is 2.29. The van der Waals surface area contributed by atoms with Crippen LogP contribution in [0.25, 0.3) is 0 Å². The van der Waals surface area contributed by atoms with Crippen LogP contribution < -0.4 is 10.5 Å². The number of aryl methyl sites for hydroxylation is 1. The molecule has 0 fully saturated rings. The standard InChI is InChI=1S/C12H13N3O3/c1-15-7-8(6-14-15)18-10-5-3-4-9(11(10)13)12(16)17-2/h3-7H,13H2,1-2H3. The Balaban J connectivity index is 2.31. The molecule has 0 aliphatic heterocycles. The van der Waals surface area contributed by atoms with Gasteiger partial charge in [-0.2, -0.15) is 5.10 Å². The van der Waals surface area contributed by atoms with E-state index < -0.39 is 5.97 Å². The van der Waals surface area contributed by atoms with Crippen molar-refractivity contribution in [3.63, 3.8) is 0 Å². The number of hydrogen-bond donors (Lipinski definition) is 1. The number of para-hydroxylation sites is 1. The monoisotopic (exact) mass is 247 g/mol. The van der Waals surface area contributed by atoms with Crippen LogP contribution in [0.15, 0.2) is 30.6 Å². The summed E-state index contributed by atoms with van der Waals surface area (Å²) in [5.41, 5.74) is 6.38.